The monoisotopic (exact) mass is 291 g/mol. The van der Waals surface area contributed by atoms with Crippen molar-refractivity contribution >= 4 is 6.03 Å². The summed E-state index contributed by atoms with van der Waals surface area (Å²) in [5.74, 6) is 0.233. The van der Waals surface area contributed by atoms with E-state index in [1.54, 1.807) is 6.20 Å². The number of nitrogens with one attached hydrogen (secondary N) is 2. The number of hydrogen-bond donors (Lipinski definition) is 3. The molecule has 3 N–H and O–H groups in total. The molecule has 5 nitrogen and oxygen atoms in total. The van der Waals surface area contributed by atoms with Crippen molar-refractivity contribution in [2.45, 2.75) is 51.7 Å². The molecule has 0 spiro atoms. The van der Waals surface area contributed by atoms with E-state index in [1.165, 1.54) is 0 Å². The van der Waals surface area contributed by atoms with Gasteiger partial charge in [0.25, 0.3) is 0 Å². The lowest BCUT2D eigenvalue weighted by atomic mass is 9.80. The average Bonchev–Trinajstić information content (AvgIpc) is 2.41. The molecule has 0 bridgehead atoms. The van der Waals surface area contributed by atoms with Gasteiger partial charge in [-0.2, -0.15) is 0 Å². The van der Waals surface area contributed by atoms with Crippen molar-refractivity contribution in [1.82, 2.24) is 15.6 Å². The van der Waals surface area contributed by atoms with Crippen LogP contribution in [0.2, 0.25) is 0 Å². The average molecular weight is 291 g/mol. The van der Waals surface area contributed by atoms with Gasteiger partial charge < -0.3 is 15.7 Å². The maximum absolute atomic E-state index is 12.1. The topological polar surface area (TPSA) is 74.2 Å². The highest BCUT2D eigenvalue weighted by Crippen LogP contribution is 2.30. The van der Waals surface area contributed by atoms with Crippen LogP contribution in [0.5, 0.6) is 0 Å². The molecule has 0 aromatic carbocycles. The second kappa shape index (κ2) is 6.43. The Balaban J connectivity index is 1.96. The van der Waals surface area contributed by atoms with Crippen molar-refractivity contribution in [3.05, 3.63) is 29.6 Å². The number of carbonyl (C=O) groups is 1. The largest absolute Gasteiger partial charge is 0.388 e. The fourth-order valence-corrected chi connectivity index (χ4v) is 2.57. The predicted molar refractivity (Wildman–Crippen MR) is 81.9 cm³/mol. The van der Waals surface area contributed by atoms with E-state index in [0.717, 1.165) is 30.5 Å². The highest BCUT2D eigenvalue weighted by Gasteiger charge is 2.34. The van der Waals surface area contributed by atoms with E-state index in [1.807, 2.05) is 19.1 Å². The van der Waals surface area contributed by atoms with Crippen LogP contribution in [0.4, 0.5) is 4.79 Å². The van der Waals surface area contributed by atoms with Gasteiger partial charge in [0, 0.05) is 12.7 Å². The molecule has 1 aliphatic carbocycles. The van der Waals surface area contributed by atoms with Crippen molar-refractivity contribution < 1.29 is 9.90 Å². The normalized spacial score (nSPS) is 18.0. The van der Waals surface area contributed by atoms with E-state index < -0.39 is 5.60 Å². The second-order valence-electron chi connectivity index (χ2n) is 6.33. The summed E-state index contributed by atoms with van der Waals surface area (Å²) in [4.78, 5) is 16.5. The molecule has 21 heavy (non-hydrogen) atoms. The first-order valence-corrected chi connectivity index (χ1v) is 7.59. The van der Waals surface area contributed by atoms with E-state index in [2.05, 4.69) is 29.5 Å². The van der Waals surface area contributed by atoms with E-state index in [9.17, 15) is 9.90 Å². The molecule has 1 aliphatic rings. The summed E-state index contributed by atoms with van der Waals surface area (Å²) in [5.41, 5.74) is 1.25. The second-order valence-corrected chi connectivity index (χ2v) is 6.33. The minimum Gasteiger partial charge on any atom is -0.388 e. The smallest absolute Gasteiger partial charge is 0.315 e. The first-order valence-electron chi connectivity index (χ1n) is 7.59. The summed E-state index contributed by atoms with van der Waals surface area (Å²) in [5, 5.41) is 15.8. The van der Waals surface area contributed by atoms with Crippen molar-refractivity contribution in [3.63, 3.8) is 0 Å². The molecule has 1 heterocycles. The molecule has 0 aliphatic heterocycles. The molecule has 5 heteroatoms. The zero-order chi connectivity index (χ0) is 15.5. The van der Waals surface area contributed by atoms with Crippen LogP contribution in [0.25, 0.3) is 0 Å². The van der Waals surface area contributed by atoms with Crippen molar-refractivity contribution in [1.29, 1.82) is 0 Å². The Bertz CT molecular complexity index is 498. The number of carbonyl (C=O) groups excluding carboxylic acids is 1. The molecule has 1 unspecified atom stereocenters. The molecule has 0 radical (unpaired) electrons. The molecule has 1 aromatic rings. The fourth-order valence-electron chi connectivity index (χ4n) is 2.57. The summed E-state index contributed by atoms with van der Waals surface area (Å²) in [6.07, 6.45) is 4.30. The minimum atomic E-state index is -0.703. The Morgan fingerprint density at radius 3 is 2.71 bits per heavy atom. The van der Waals surface area contributed by atoms with Crippen LogP contribution in [-0.4, -0.2) is 28.3 Å². The molecular weight excluding hydrogens is 266 g/mol. The number of aromatic nitrogens is 1. The third-order valence-corrected chi connectivity index (χ3v) is 4.16. The Hall–Kier alpha value is -1.62. The zero-order valence-corrected chi connectivity index (χ0v) is 13.0. The molecule has 1 saturated carbocycles. The van der Waals surface area contributed by atoms with E-state index in [0.29, 0.717) is 6.54 Å². The van der Waals surface area contributed by atoms with Gasteiger partial charge >= 0.3 is 6.03 Å². The predicted octanol–water partition coefficient (Wildman–Crippen LogP) is 2.30. The van der Waals surface area contributed by atoms with E-state index in [-0.39, 0.29) is 18.0 Å². The molecule has 2 rings (SSSR count). The quantitative estimate of drug-likeness (QED) is 0.779. The number of rotatable bonds is 5. The SMILES string of the molecule is Cc1cccnc1C(NC(=O)NCC1(O)CCC1)C(C)C. The number of urea groups is 1. The molecular formula is C16H25N3O2. The van der Waals surface area contributed by atoms with Gasteiger partial charge in [0.15, 0.2) is 0 Å². The van der Waals surface area contributed by atoms with Gasteiger partial charge in [-0.1, -0.05) is 19.9 Å². The van der Waals surface area contributed by atoms with Gasteiger partial charge in [-0.25, -0.2) is 4.79 Å². The zero-order valence-electron chi connectivity index (χ0n) is 13.0. The Morgan fingerprint density at radius 2 is 2.19 bits per heavy atom. The van der Waals surface area contributed by atoms with Gasteiger partial charge in [-0.3, -0.25) is 4.98 Å². The maximum Gasteiger partial charge on any atom is 0.315 e. The van der Waals surface area contributed by atoms with Gasteiger partial charge in [-0.15, -0.1) is 0 Å². The van der Waals surface area contributed by atoms with Gasteiger partial charge in [0.2, 0.25) is 0 Å². The lowest BCUT2D eigenvalue weighted by Gasteiger charge is -2.36. The van der Waals surface area contributed by atoms with Gasteiger partial charge in [0.1, 0.15) is 0 Å². The minimum absolute atomic E-state index is 0.137. The Labute approximate surface area is 126 Å². The number of hydrogen-bond acceptors (Lipinski definition) is 3. The Kier molecular flexibility index (Phi) is 4.83. The highest BCUT2D eigenvalue weighted by atomic mass is 16.3. The number of aliphatic hydroxyl groups is 1. The van der Waals surface area contributed by atoms with Crippen molar-refractivity contribution in [2.24, 2.45) is 5.92 Å². The van der Waals surface area contributed by atoms with Gasteiger partial charge in [-0.05, 0) is 43.7 Å². The van der Waals surface area contributed by atoms with Crippen LogP contribution in [0, 0.1) is 12.8 Å². The third-order valence-electron chi connectivity index (χ3n) is 4.16. The molecule has 116 valence electrons. The molecule has 2 amide bonds. The fraction of sp³-hybridized carbons (Fsp3) is 0.625. The summed E-state index contributed by atoms with van der Waals surface area (Å²) in [6.45, 7) is 6.41. The van der Waals surface area contributed by atoms with Crippen molar-refractivity contribution in [3.8, 4) is 0 Å². The van der Waals surface area contributed by atoms with E-state index in [4.69, 9.17) is 0 Å². The van der Waals surface area contributed by atoms with Crippen molar-refractivity contribution in [2.75, 3.05) is 6.54 Å². The molecule has 1 atom stereocenters. The summed E-state index contributed by atoms with van der Waals surface area (Å²) >= 11 is 0. The summed E-state index contributed by atoms with van der Waals surface area (Å²) < 4.78 is 0. The number of amides is 2. The maximum atomic E-state index is 12.1. The van der Waals surface area contributed by atoms with E-state index >= 15 is 0 Å². The molecule has 1 fully saturated rings. The standard InChI is InChI=1S/C16H25N3O2/c1-11(2)13(14-12(3)6-4-9-17-14)19-15(20)18-10-16(21)7-5-8-16/h4,6,9,11,13,21H,5,7-8,10H2,1-3H3,(H2,18,19,20). The van der Waals surface area contributed by atoms with Gasteiger partial charge in [0.05, 0.1) is 17.3 Å². The van der Waals surface area contributed by atoms with Crippen LogP contribution in [0.3, 0.4) is 0 Å². The number of pyridine rings is 1. The van der Waals surface area contributed by atoms with Crippen LogP contribution in [0.1, 0.15) is 50.4 Å². The summed E-state index contributed by atoms with van der Waals surface area (Å²) in [6, 6.07) is 3.50. The highest BCUT2D eigenvalue weighted by molar-refractivity contribution is 5.74. The van der Waals surface area contributed by atoms with Crippen LogP contribution >= 0.6 is 0 Å². The lowest BCUT2D eigenvalue weighted by Crippen LogP contribution is -2.51. The van der Waals surface area contributed by atoms with Crippen LogP contribution < -0.4 is 10.6 Å². The first kappa shape index (κ1) is 15.8. The summed E-state index contributed by atoms with van der Waals surface area (Å²) in [7, 11) is 0. The van der Waals surface area contributed by atoms with Crippen LogP contribution in [-0.2, 0) is 0 Å². The molecule has 0 saturated heterocycles. The number of aryl methyl sites for hydroxylation is 1. The Morgan fingerprint density at radius 1 is 1.48 bits per heavy atom. The number of nitrogens with zero attached hydrogens (tertiary/aromatic N) is 1. The third kappa shape index (κ3) is 3.94. The molecule has 1 aromatic heterocycles. The van der Waals surface area contributed by atoms with Crippen LogP contribution in [0.15, 0.2) is 18.3 Å². The first-order chi connectivity index (χ1) is 9.91. The lowest BCUT2D eigenvalue weighted by molar-refractivity contribution is -0.0290.